The molecule has 1 aliphatic carbocycles. The molecule has 3 nitrogen and oxygen atoms in total. The van der Waals surface area contributed by atoms with Crippen molar-refractivity contribution in [1.29, 1.82) is 0 Å². The molecule has 3 heteroatoms. The van der Waals surface area contributed by atoms with Crippen molar-refractivity contribution in [3.63, 3.8) is 0 Å². The lowest BCUT2D eigenvalue weighted by Gasteiger charge is -2.08. The van der Waals surface area contributed by atoms with E-state index in [2.05, 4.69) is 5.32 Å². The standard InChI is InChI=1S/C17H17NO2/c19-17(18-12-13-9-10-13)14-5-4-8-16(11-14)20-15-6-2-1-3-7-15/h1-8,11,13H,9-10,12H2,(H,18,19). The Morgan fingerprint density at radius 3 is 2.55 bits per heavy atom. The van der Waals surface area contributed by atoms with Gasteiger partial charge in [0.2, 0.25) is 0 Å². The van der Waals surface area contributed by atoms with Crippen LogP contribution in [0.2, 0.25) is 0 Å². The molecule has 0 aromatic heterocycles. The molecular weight excluding hydrogens is 250 g/mol. The van der Waals surface area contributed by atoms with Crippen LogP contribution in [0.4, 0.5) is 0 Å². The van der Waals surface area contributed by atoms with E-state index in [-0.39, 0.29) is 5.91 Å². The van der Waals surface area contributed by atoms with Gasteiger partial charge in [-0.1, -0.05) is 24.3 Å². The van der Waals surface area contributed by atoms with Crippen molar-refractivity contribution in [3.8, 4) is 11.5 Å². The van der Waals surface area contributed by atoms with Gasteiger partial charge in [0.05, 0.1) is 0 Å². The van der Waals surface area contributed by atoms with Crippen LogP contribution in [0.1, 0.15) is 23.2 Å². The third-order valence-corrected chi connectivity index (χ3v) is 3.32. The van der Waals surface area contributed by atoms with Crippen LogP contribution in [0.3, 0.4) is 0 Å². The number of carbonyl (C=O) groups is 1. The van der Waals surface area contributed by atoms with Crippen LogP contribution >= 0.6 is 0 Å². The average Bonchev–Trinajstić information content (AvgIpc) is 3.30. The van der Waals surface area contributed by atoms with Gasteiger partial charge >= 0.3 is 0 Å². The highest BCUT2D eigenvalue weighted by Gasteiger charge is 2.21. The first-order valence-electron chi connectivity index (χ1n) is 6.92. The zero-order chi connectivity index (χ0) is 13.8. The summed E-state index contributed by atoms with van der Waals surface area (Å²) >= 11 is 0. The molecule has 0 saturated heterocycles. The fraction of sp³-hybridized carbons (Fsp3) is 0.235. The molecule has 0 heterocycles. The van der Waals surface area contributed by atoms with Crippen molar-refractivity contribution < 1.29 is 9.53 Å². The maximum atomic E-state index is 12.0. The number of ether oxygens (including phenoxy) is 1. The van der Waals surface area contributed by atoms with Gasteiger partial charge in [-0.3, -0.25) is 4.79 Å². The maximum absolute atomic E-state index is 12.0. The van der Waals surface area contributed by atoms with Crippen LogP contribution in [0.5, 0.6) is 11.5 Å². The minimum atomic E-state index is -0.0320. The molecule has 3 rings (SSSR count). The Hall–Kier alpha value is -2.29. The third-order valence-electron chi connectivity index (χ3n) is 3.32. The van der Waals surface area contributed by atoms with E-state index in [9.17, 15) is 4.79 Å². The molecular formula is C17H17NO2. The molecule has 1 saturated carbocycles. The van der Waals surface area contributed by atoms with Gasteiger partial charge < -0.3 is 10.1 Å². The molecule has 0 bridgehead atoms. The van der Waals surface area contributed by atoms with Gasteiger partial charge in [-0.05, 0) is 49.1 Å². The molecule has 0 unspecified atom stereocenters. The minimum Gasteiger partial charge on any atom is -0.457 e. The number of rotatable bonds is 5. The molecule has 0 radical (unpaired) electrons. The molecule has 1 aliphatic rings. The highest BCUT2D eigenvalue weighted by Crippen LogP contribution is 2.27. The van der Waals surface area contributed by atoms with Gasteiger partial charge in [0.25, 0.3) is 5.91 Å². The zero-order valence-corrected chi connectivity index (χ0v) is 11.2. The van der Waals surface area contributed by atoms with Crippen LogP contribution < -0.4 is 10.1 Å². The average molecular weight is 267 g/mol. The second-order valence-corrected chi connectivity index (χ2v) is 5.10. The van der Waals surface area contributed by atoms with Crippen LogP contribution in [0.15, 0.2) is 54.6 Å². The van der Waals surface area contributed by atoms with Crippen molar-refractivity contribution in [3.05, 3.63) is 60.2 Å². The molecule has 1 fully saturated rings. The van der Waals surface area contributed by atoms with Crippen LogP contribution in [-0.2, 0) is 0 Å². The first kappa shape index (κ1) is 12.7. The van der Waals surface area contributed by atoms with Crippen LogP contribution in [0, 0.1) is 5.92 Å². The van der Waals surface area contributed by atoms with E-state index >= 15 is 0 Å². The normalized spacial score (nSPS) is 13.8. The summed E-state index contributed by atoms with van der Waals surface area (Å²) in [6, 6.07) is 16.8. The monoisotopic (exact) mass is 267 g/mol. The Labute approximate surface area is 118 Å². The highest BCUT2D eigenvalue weighted by molar-refractivity contribution is 5.94. The van der Waals surface area contributed by atoms with Gasteiger partial charge in [-0.25, -0.2) is 0 Å². The first-order valence-corrected chi connectivity index (χ1v) is 6.92. The molecule has 1 N–H and O–H groups in total. The summed E-state index contributed by atoms with van der Waals surface area (Å²) in [5.41, 5.74) is 0.638. The number of para-hydroxylation sites is 1. The van der Waals surface area contributed by atoms with E-state index in [4.69, 9.17) is 4.74 Å². The number of benzene rings is 2. The van der Waals surface area contributed by atoms with Gasteiger partial charge in [0.15, 0.2) is 0 Å². The Morgan fingerprint density at radius 2 is 1.80 bits per heavy atom. The Kier molecular flexibility index (Phi) is 3.68. The van der Waals surface area contributed by atoms with E-state index in [1.165, 1.54) is 12.8 Å². The van der Waals surface area contributed by atoms with Gasteiger partial charge in [-0.15, -0.1) is 0 Å². The number of hydrogen-bond acceptors (Lipinski definition) is 2. The number of carbonyl (C=O) groups excluding carboxylic acids is 1. The van der Waals surface area contributed by atoms with Crippen LogP contribution in [0.25, 0.3) is 0 Å². The van der Waals surface area contributed by atoms with Crippen molar-refractivity contribution in [1.82, 2.24) is 5.32 Å². The summed E-state index contributed by atoms with van der Waals surface area (Å²) in [5, 5.41) is 2.96. The maximum Gasteiger partial charge on any atom is 0.251 e. The summed E-state index contributed by atoms with van der Waals surface area (Å²) in [4.78, 5) is 12.0. The molecule has 2 aromatic rings. The Morgan fingerprint density at radius 1 is 1.05 bits per heavy atom. The lowest BCUT2D eigenvalue weighted by molar-refractivity contribution is 0.0951. The van der Waals surface area contributed by atoms with E-state index in [1.807, 2.05) is 42.5 Å². The van der Waals surface area contributed by atoms with Crippen molar-refractivity contribution >= 4 is 5.91 Å². The molecule has 0 spiro atoms. The molecule has 2 aromatic carbocycles. The van der Waals surface area contributed by atoms with E-state index in [1.54, 1.807) is 12.1 Å². The predicted molar refractivity (Wildman–Crippen MR) is 78.0 cm³/mol. The van der Waals surface area contributed by atoms with E-state index < -0.39 is 0 Å². The summed E-state index contributed by atoms with van der Waals surface area (Å²) in [7, 11) is 0. The largest absolute Gasteiger partial charge is 0.457 e. The molecule has 20 heavy (non-hydrogen) atoms. The summed E-state index contributed by atoms with van der Waals surface area (Å²) in [5.74, 6) is 2.09. The van der Waals surface area contributed by atoms with Crippen molar-refractivity contribution in [2.24, 2.45) is 5.92 Å². The second kappa shape index (κ2) is 5.78. The lowest BCUT2D eigenvalue weighted by atomic mass is 10.2. The molecule has 1 amide bonds. The summed E-state index contributed by atoms with van der Waals surface area (Å²) in [6.07, 6.45) is 2.47. The topological polar surface area (TPSA) is 38.3 Å². The predicted octanol–water partition coefficient (Wildman–Crippen LogP) is 3.62. The highest BCUT2D eigenvalue weighted by atomic mass is 16.5. The summed E-state index contributed by atoms with van der Waals surface area (Å²) in [6.45, 7) is 0.780. The second-order valence-electron chi connectivity index (χ2n) is 5.10. The van der Waals surface area contributed by atoms with Gasteiger partial charge in [0.1, 0.15) is 11.5 Å². The number of hydrogen-bond donors (Lipinski definition) is 1. The lowest BCUT2D eigenvalue weighted by Crippen LogP contribution is -2.25. The minimum absolute atomic E-state index is 0.0320. The van der Waals surface area contributed by atoms with Crippen molar-refractivity contribution in [2.45, 2.75) is 12.8 Å². The SMILES string of the molecule is O=C(NCC1CC1)c1cccc(Oc2ccccc2)c1. The first-order chi connectivity index (χ1) is 9.81. The number of nitrogens with one attached hydrogen (secondary N) is 1. The number of amides is 1. The molecule has 0 atom stereocenters. The quantitative estimate of drug-likeness (QED) is 0.898. The van der Waals surface area contributed by atoms with E-state index in [0.717, 1.165) is 12.3 Å². The Bertz CT molecular complexity index is 591. The van der Waals surface area contributed by atoms with Gasteiger partial charge in [0, 0.05) is 12.1 Å². The van der Waals surface area contributed by atoms with Crippen LogP contribution in [-0.4, -0.2) is 12.5 Å². The van der Waals surface area contributed by atoms with Gasteiger partial charge in [-0.2, -0.15) is 0 Å². The van der Waals surface area contributed by atoms with E-state index in [0.29, 0.717) is 17.2 Å². The third kappa shape index (κ3) is 3.38. The zero-order valence-electron chi connectivity index (χ0n) is 11.2. The smallest absolute Gasteiger partial charge is 0.251 e. The Balaban J connectivity index is 1.67. The molecule has 102 valence electrons. The summed E-state index contributed by atoms with van der Waals surface area (Å²) < 4.78 is 5.73. The fourth-order valence-electron chi connectivity index (χ4n) is 1.99. The molecule has 0 aliphatic heterocycles. The van der Waals surface area contributed by atoms with Crippen molar-refractivity contribution in [2.75, 3.05) is 6.54 Å². The fourth-order valence-corrected chi connectivity index (χ4v) is 1.99.